The smallest absolute Gasteiger partial charge is 0.241 e. The Kier molecular flexibility index (Phi) is 5.77. The third-order valence-electron chi connectivity index (χ3n) is 3.50. The molecule has 0 aliphatic carbocycles. The summed E-state index contributed by atoms with van der Waals surface area (Å²) in [6, 6.07) is 17.9. The number of amides is 1. The maximum Gasteiger partial charge on any atom is 0.241 e. The number of rotatable bonds is 7. The van der Waals surface area contributed by atoms with E-state index in [4.69, 9.17) is 0 Å². The molecule has 26 heavy (non-hydrogen) atoms. The second-order valence-electron chi connectivity index (χ2n) is 5.48. The Morgan fingerprint density at radius 2 is 1.65 bits per heavy atom. The van der Waals surface area contributed by atoms with Crippen molar-refractivity contribution in [3.05, 3.63) is 77.3 Å². The Bertz CT molecular complexity index is 971. The number of carbonyl (C=O) groups is 1. The van der Waals surface area contributed by atoms with Gasteiger partial charge in [-0.3, -0.25) is 4.79 Å². The number of nitrogens with one attached hydrogen (secondary N) is 2. The highest BCUT2D eigenvalue weighted by Gasteiger charge is 2.15. The van der Waals surface area contributed by atoms with Gasteiger partial charge in [-0.25, -0.2) is 18.1 Å². The first-order chi connectivity index (χ1) is 12.5. The number of hydrogen-bond donors (Lipinski definition) is 2. The molecule has 2 N–H and O–H groups in total. The number of aromatic nitrogens is 1. The van der Waals surface area contributed by atoms with Crippen molar-refractivity contribution in [2.24, 2.45) is 0 Å². The Hall–Kier alpha value is -2.55. The molecule has 3 rings (SSSR count). The SMILES string of the molecule is O=C(CNS(=O)(=O)c1ccccc1)Nc1ncc(Cc2ccccc2)s1. The monoisotopic (exact) mass is 387 g/mol. The largest absolute Gasteiger partial charge is 0.301 e. The van der Waals surface area contributed by atoms with E-state index >= 15 is 0 Å². The van der Waals surface area contributed by atoms with E-state index in [-0.39, 0.29) is 11.4 Å². The van der Waals surface area contributed by atoms with Gasteiger partial charge >= 0.3 is 0 Å². The zero-order valence-corrected chi connectivity index (χ0v) is 15.4. The third-order valence-corrected chi connectivity index (χ3v) is 5.83. The molecule has 134 valence electrons. The molecule has 6 nitrogen and oxygen atoms in total. The Morgan fingerprint density at radius 3 is 2.35 bits per heavy atom. The van der Waals surface area contributed by atoms with E-state index in [1.165, 1.54) is 23.5 Å². The van der Waals surface area contributed by atoms with E-state index in [9.17, 15) is 13.2 Å². The van der Waals surface area contributed by atoms with Crippen LogP contribution in [0.1, 0.15) is 10.4 Å². The fraction of sp³-hybridized carbons (Fsp3) is 0.111. The summed E-state index contributed by atoms with van der Waals surface area (Å²) >= 11 is 1.37. The fourth-order valence-electron chi connectivity index (χ4n) is 2.25. The van der Waals surface area contributed by atoms with E-state index in [0.29, 0.717) is 5.13 Å². The molecule has 0 aliphatic rings. The van der Waals surface area contributed by atoms with Crippen LogP contribution in [0.25, 0.3) is 0 Å². The average molecular weight is 387 g/mol. The van der Waals surface area contributed by atoms with Crippen LogP contribution in [0.4, 0.5) is 5.13 Å². The summed E-state index contributed by atoms with van der Waals surface area (Å²) in [7, 11) is -3.71. The number of benzene rings is 2. The van der Waals surface area contributed by atoms with Crippen LogP contribution in [0.2, 0.25) is 0 Å². The predicted molar refractivity (Wildman–Crippen MR) is 102 cm³/mol. The van der Waals surface area contributed by atoms with Crippen LogP contribution >= 0.6 is 11.3 Å². The minimum absolute atomic E-state index is 0.118. The molecule has 0 bridgehead atoms. The van der Waals surface area contributed by atoms with Gasteiger partial charge in [0.15, 0.2) is 5.13 Å². The molecule has 3 aromatic rings. The van der Waals surface area contributed by atoms with Crippen LogP contribution < -0.4 is 10.0 Å². The van der Waals surface area contributed by atoms with Gasteiger partial charge in [-0.2, -0.15) is 0 Å². The molecule has 0 saturated heterocycles. The number of nitrogens with zero attached hydrogens (tertiary/aromatic N) is 1. The summed E-state index contributed by atoms with van der Waals surface area (Å²) in [5.41, 5.74) is 1.16. The zero-order chi connectivity index (χ0) is 18.4. The molecule has 0 fully saturated rings. The second-order valence-corrected chi connectivity index (χ2v) is 8.36. The van der Waals surface area contributed by atoms with Crippen LogP contribution in [0, 0.1) is 0 Å². The van der Waals surface area contributed by atoms with Gasteiger partial charge in [0.05, 0.1) is 11.4 Å². The summed E-state index contributed by atoms with van der Waals surface area (Å²) < 4.78 is 26.5. The summed E-state index contributed by atoms with van der Waals surface area (Å²) in [6.45, 7) is -0.356. The normalized spacial score (nSPS) is 11.2. The number of carbonyl (C=O) groups excluding carboxylic acids is 1. The molecule has 2 aromatic carbocycles. The number of anilines is 1. The summed E-state index contributed by atoms with van der Waals surface area (Å²) in [5.74, 6) is -0.467. The van der Waals surface area contributed by atoms with Gasteiger partial charge in [0, 0.05) is 17.5 Å². The topological polar surface area (TPSA) is 88.2 Å². The first kappa shape index (κ1) is 18.2. The highest BCUT2D eigenvalue weighted by Crippen LogP contribution is 2.21. The lowest BCUT2D eigenvalue weighted by Crippen LogP contribution is -2.32. The molecule has 1 amide bonds. The number of hydrogen-bond acceptors (Lipinski definition) is 5. The highest BCUT2D eigenvalue weighted by atomic mass is 32.2. The van der Waals surface area contributed by atoms with Crippen LogP contribution in [0.15, 0.2) is 71.8 Å². The molecule has 0 radical (unpaired) electrons. The lowest BCUT2D eigenvalue weighted by molar-refractivity contribution is -0.115. The van der Waals surface area contributed by atoms with Crippen LogP contribution in [0.5, 0.6) is 0 Å². The van der Waals surface area contributed by atoms with Crippen molar-refractivity contribution in [3.8, 4) is 0 Å². The summed E-state index contributed by atoms with van der Waals surface area (Å²) in [6.07, 6.45) is 2.44. The predicted octanol–water partition coefficient (Wildman–Crippen LogP) is 2.65. The number of sulfonamides is 1. The van der Waals surface area contributed by atoms with Gasteiger partial charge in [0.1, 0.15) is 0 Å². The molecular formula is C18H17N3O3S2. The number of thiazole rings is 1. The van der Waals surface area contributed by atoms with E-state index < -0.39 is 15.9 Å². The van der Waals surface area contributed by atoms with Gasteiger partial charge < -0.3 is 5.32 Å². The Labute approximate surface area is 156 Å². The molecule has 0 atom stereocenters. The summed E-state index contributed by atoms with van der Waals surface area (Å²) in [4.78, 5) is 17.3. The molecule has 8 heteroatoms. The van der Waals surface area contributed by atoms with Crippen LogP contribution in [-0.2, 0) is 21.2 Å². The van der Waals surface area contributed by atoms with E-state index in [1.807, 2.05) is 30.3 Å². The second kappa shape index (κ2) is 8.22. The average Bonchev–Trinajstić information content (AvgIpc) is 3.08. The van der Waals surface area contributed by atoms with Crippen molar-refractivity contribution in [3.63, 3.8) is 0 Å². The maximum absolute atomic E-state index is 12.1. The van der Waals surface area contributed by atoms with E-state index in [1.54, 1.807) is 24.4 Å². The zero-order valence-electron chi connectivity index (χ0n) is 13.8. The molecule has 0 aliphatic heterocycles. The van der Waals surface area contributed by atoms with Crippen LogP contribution in [0.3, 0.4) is 0 Å². The van der Waals surface area contributed by atoms with Gasteiger partial charge in [0.2, 0.25) is 15.9 Å². The van der Waals surface area contributed by atoms with Crippen molar-refractivity contribution < 1.29 is 13.2 Å². The fourth-order valence-corrected chi connectivity index (χ4v) is 4.12. The highest BCUT2D eigenvalue weighted by molar-refractivity contribution is 7.89. The summed E-state index contributed by atoms with van der Waals surface area (Å²) in [5, 5.41) is 3.06. The first-order valence-electron chi connectivity index (χ1n) is 7.86. The lowest BCUT2D eigenvalue weighted by Gasteiger charge is -2.06. The minimum Gasteiger partial charge on any atom is -0.301 e. The van der Waals surface area contributed by atoms with Crippen molar-refractivity contribution in [1.29, 1.82) is 0 Å². The molecule has 0 unspecified atom stereocenters. The van der Waals surface area contributed by atoms with Gasteiger partial charge in [-0.15, -0.1) is 11.3 Å². The minimum atomic E-state index is -3.71. The van der Waals surface area contributed by atoms with Crippen molar-refractivity contribution in [2.75, 3.05) is 11.9 Å². The Balaban J connectivity index is 1.54. The van der Waals surface area contributed by atoms with Crippen molar-refractivity contribution >= 4 is 32.4 Å². The molecule has 1 heterocycles. The third kappa shape index (κ3) is 4.98. The van der Waals surface area contributed by atoms with E-state index in [2.05, 4.69) is 15.0 Å². The molecule has 1 aromatic heterocycles. The van der Waals surface area contributed by atoms with Gasteiger partial charge in [-0.1, -0.05) is 48.5 Å². The van der Waals surface area contributed by atoms with Crippen molar-refractivity contribution in [2.45, 2.75) is 11.3 Å². The standard InChI is InChI=1S/C18H17N3O3S2/c22-17(13-20-26(23,24)16-9-5-2-6-10-16)21-18-19-12-15(25-18)11-14-7-3-1-4-8-14/h1-10,12,20H,11,13H2,(H,19,21,22). The van der Waals surface area contributed by atoms with Crippen molar-refractivity contribution in [1.82, 2.24) is 9.71 Å². The molecule has 0 saturated carbocycles. The molecule has 0 spiro atoms. The van der Waals surface area contributed by atoms with Gasteiger partial charge in [0.25, 0.3) is 0 Å². The molecular weight excluding hydrogens is 370 g/mol. The Morgan fingerprint density at radius 1 is 1.00 bits per heavy atom. The van der Waals surface area contributed by atoms with E-state index in [0.717, 1.165) is 16.9 Å². The first-order valence-corrected chi connectivity index (χ1v) is 10.2. The quantitative estimate of drug-likeness (QED) is 0.652. The van der Waals surface area contributed by atoms with Crippen LogP contribution in [-0.4, -0.2) is 25.9 Å². The van der Waals surface area contributed by atoms with Gasteiger partial charge in [-0.05, 0) is 17.7 Å². The lowest BCUT2D eigenvalue weighted by atomic mass is 10.1. The maximum atomic E-state index is 12.1.